The number of ether oxygens (including phenoxy) is 2. The van der Waals surface area contributed by atoms with E-state index in [0.29, 0.717) is 11.3 Å². The summed E-state index contributed by atoms with van der Waals surface area (Å²) in [5.41, 5.74) is 1.23. The third-order valence-electron chi connectivity index (χ3n) is 5.29. The number of anilines is 1. The highest BCUT2D eigenvalue weighted by Gasteiger charge is 2.25. The third-order valence-corrected chi connectivity index (χ3v) is 6.16. The van der Waals surface area contributed by atoms with Gasteiger partial charge in [-0.05, 0) is 29.7 Å². The number of hydrogen-bond acceptors (Lipinski definition) is 8. The summed E-state index contributed by atoms with van der Waals surface area (Å²) in [6, 6.07) is 17.6. The number of fused-ring (bicyclic) bond motifs is 1. The van der Waals surface area contributed by atoms with Crippen LogP contribution in [-0.2, 0) is 4.79 Å². The van der Waals surface area contributed by atoms with Crippen LogP contribution in [0.1, 0.15) is 5.56 Å². The topological polar surface area (TPSA) is 132 Å². The fraction of sp³-hybridized carbons (Fsp3) is 0.0800. The lowest BCUT2D eigenvalue weighted by Crippen LogP contribution is -2.18. The molecule has 0 aliphatic carbocycles. The Kier molecular flexibility index (Phi) is 6.17. The summed E-state index contributed by atoms with van der Waals surface area (Å²) in [5, 5.41) is 30.4. The molecule has 0 unspecified atom stereocenters. The van der Waals surface area contributed by atoms with Crippen LogP contribution in [0.2, 0.25) is 0 Å². The Morgan fingerprint density at radius 1 is 1.17 bits per heavy atom. The lowest BCUT2D eigenvalue weighted by atomic mass is 10.1. The van der Waals surface area contributed by atoms with E-state index in [1.807, 2.05) is 53.9 Å². The van der Waals surface area contributed by atoms with Crippen LogP contribution in [0.5, 0.6) is 11.5 Å². The summed E-state index contributed by atoms with van der Waals surface area (Å²) in [7, 11) is 0. The van der Waals surface area contributed by atoms with Gasteiger partial charge in [-0.1, -0.05) is 24.3 Å². The second kappa shape index (κ2) is 9.73. The van der Waals surface area contributed by atoms with Gasteiger partial charge in [-0.25, -0.2) is 4.68 Å². The van der Waals surface area contributed by atoms with Gasteiger partial charge in [0, 0.05) is 17.8 Å². The number of hydrogen-bond donors (Lipinski definition) is 1. The largest absolute Gasteiger partial charge is 0.486 e. The monoisotopic (exact) mass is 499 g/mol. The van der Waals surface area contributed by atoms with E-state index in [1.165, 1.54) is 29.5 Å². The van der Waals surface area contributed by atoms with Gasteiger partial charge >= 0.3 is 0 Å². The van der Waals surface area contributed by atoms with E-state index in [0.717, 1.165) is 10.6 Å². The van der Waals surface area contributed by atoms with Crippen LogP contribution in [0.4, 0.5) is 11.4 Å². The Bertz CT molecular complexity index is 1520. The maximum absolute atomic E-state index is 13.0. The van der Waals surface area contributed by atoms with Crippen molar-refractivity contribution in [2.45, 2.75) is 0 Å². The number of benzene rings is 2. The average molecular weight is 500 g/mol. The molecule has 4 aromatic rings. The van der Waals surface area contributed by atoms with Gasteiger partial charge in [0.2, 0.25) is 0 Å². The molecule has 1 N–H and O–H groups in total. The molecule has 2 aromatic heterocycles. The van der Waals surface area contributed by atoms with Crippen LogP contribution < -0.4 is 14.8 Å². The van der Waals surface area contributed by atoms with Crippen molar-refractivity contribution in [3.63, 3.8) is 0 Å². The number of nitrogens with one attached hydrogen (secondary N) is 1. The van der Waals surface area contributed by atoms with Crippen molar-refractivity contribution in [3.8, 4) is 33.8 Å². The first-order valence-corrected chi connectivity index (χ1v) is 11.6. The predicted octanol–water partition coefficient (Wildman–Crippen LogP) is 4.83. The van der Waals surface area contributed by atoms with Gasteiger partial charge in [0.05, 0.1) is 21.6 Å². The molecule has 11 heteroatoms. The predicted molar refractivity (Wildman–Crippen MR) is 133 cm³/mol. The number of para-hydroxylation sites is 1. The fourth-order valence-electron chi connectivity index (χ4n) is 3.63. The SMILES string of the molecule is N#CC(=Cc1cn(-c2ccccc2)nc1-c1cccs1)C(=O)Nc1cc2c(cc1[N+](=O)[O-])OCCO2. The summed E-state index contributed by atoms with van der Waals surface area (Å²) in [4.78, 5) is 24.9. The van der Waals surface area contributed by atoms with Crippen LogP contribution in [0.3, 0.4) is 0 Å². The van der Waals surface area contributed by atoms with Crippen molar-refractivity contribution in [2.75, 3.05) is 18.5 Å². The van der Waals surface area contributed by atoms with Gasteiger partial charge < -0.3 is 14.8 Å². The van der Waals surface area contributed by atoms with Crippen molar-refractivity contribution < 1.29 is 19.2 Å². The van der Waals surface area contributed by atoms with E-state index in [1.54, 1.807) is 10.9 Å². The Morgan fingerprint density at radius 3 is 2.58 bits per heavy atom. The minimum atomic E-state index is -0.804. The van der Waals surface area contributed by atoms with E-state index in [-0.39, 0.29) is 41.7 Å². The van der Waals surface area contributed by atoms with Crippen LogP contribution in [0, 0.1) is 21.4 Å². The molecule has 0 atom stereocenters. The number of amides is 1. The Labute approximate surface area is 208 Å². The summed E-state index contributed by atoms with van der Waals surface area (Å²) in [5.74, 6) is -0.313. The van der Waals surface area contributed by atoms with Crippen LogP contribution in [0.15, 0.2) is 71.7 Å². The fourth-order valence-corrected chi connectivity index (χ4v) is 4.36. The summed E-state index contributed by atoms with van der Waals surface area (Å²) in [6.45, 7) is 0.541. The molecule has 0 bridgehead atoms. The number of carbonyl (C=O) groups excluding carboxylic acids is 1. The molecule has 0 saturated heterocycles. The van der Waals surface area contributed by atoms with E-state index >= 15 is 0 Å². The number of nitrogens with zero attached hydrogens (tertiary/aromatic N) is 4. The van der Waals surface area contributed by atoms with Crippen molar-refractivity contribution in [1.29, 1.82) is 5.26 Å². The average Bonchev–Trinajstić information content (AvgIpc) is 3.57. The van der Waals surface area contributed by atoms with Gasteiger partial charge in [0.25, 0.3) is 11.6 Å². The number of nitro groups is 1. The molecule has 0 saturated carbocycles. The van der Waals surface area contributed by atoms with Crippen LogP contribution in [-0.4, -0.2) is 33.8 Å². The van der Waals surface area contributed by atoms with E-state index in [9.17, 15) is 20.2 Å². The Morgan fingerprint density at radius 2 is 1.92 bits per heavy atom. The molecule has 5 rings (SSSR count). The minimum absolute atomic E-state index is 0.103. The number of aromatic nitrogens is 2. The lowest BCUT2D eigenvalue weighted by molar-refractivity contribution is -0.384. The molecule has 2 aromatic carbocycles. The van der Waals surface area contributed by atoms with E-state index in [4.69, 9.17) is 9.47 Å². The number of carbonyl (C=O) groups is 1. The quantitative estimate of drug-likeness (QED) is 0.174. The highest BCUT2D eigenvalue weighted by molar-refractivity contribution is 7.13. The zero-order valence-electron chi connectivity index (χ0n) is 18.6. The van der Waals surface area contributed by atoms with Crippen molar-refractivity contribution in [3.05, 3.63) is 87.4 Å². The van der Waals surface area contributed by atoms with Gasteiger partial charge in [-0.2, -0.15) is 10.4 Å². The first-order valence-electron chi connectivity index (χ1n) is 10.7. The summed E-state index contributed by atoms with van der Waals surface area (Å²) in [6.07, 6.45) is 3.14. The van der Waals surface area contributed by atoms with Crippen molar-refractivity contribution >= 4 is 34.7 Å². The molecule has 1 aliphatic heterocycles. The minimum Gasteiger partial charge on any atom is -0.486 e. The van der Waals surface area contributed by atoms with Gasteiger partial charge in [0.15, 0.2) is 11.5 Å². The molecule has 36 heavy (non-hydrogen) atoms. The first kappa shape index (κ1) is 22.8. The van der Waals surface area contributed by atoms with E-state index in [2.05, 4.69) is 10.4 Å². The molecule has 1 amide bonds. The molecule has 1 aliphatic rings. The standard InChI is InChI=1S/C25H17N5O5S/c26-14-16(25(31)27-19-12-21-22(35-9-8-34-21)13-20(19)30(32)33)11-17-15-29(18-5-2-1-3-6-18)28-24(17)23-7-4-10-36-23/h1-7,10-13,15H,8-9H2,(H,27,31). The van der Waals surface area contributed by atoms with Gasteiger partial charge in [-0.15, -0.1) is 11.3 Å². The smallest absolute Gasteiger partial charge is 0.296 e. The normalized spacial score (nSPS) is 12.6. The van der Waals surface area contributed by atoms with Gasteiger partial charge in [-0.3, -0.25) is 14.9 Å². The summed E-state index contributed by atoms with van der Waals surface area (Å²) < 4.78 is 12.5. The second-order valence-electron chi connectivity index (χ2n) is 7.58. The number of rotatable bonds is 6. The van der Waals surface area contributed by atoms with Crippen molar-refractivity contribution in [2.24, 2.45) is 0 Å². The zero-order valence-corrected chi connectivity index (χ0v) is 19.4. The maximum Gasteiger partial charge on any atom is 0.296 e. The zero-order chi connectivity index (χ0) is 25.1. The highest BCUT2D eigenvalue weighted by atomic mass is 32.1. The van der Waals surface area contributed by atoms with Gasteiger partial charge in [0.1, 0.15) is 36.2 Å². The van der Waals surface area contributed by atoms with E-state index < -0.39 is 10.8 Å². The number of thiophene rings is 1. The second-order valence-corrected chi connectivity index (χ2v) is 8.53. The lowest BCUT2D eigenvalue weighted by Gasteiger charge is -2.19. The molecule has 0 spiro atoms. The number of nitro benzene ring substituents is 1. The maximum atomic E-state index is 13.0. The Hall–Kier alpha value is -4.95. The molecule has 0 fully saturated rings. The highest BCUT2D eigenvalue weighted by Crippen LogP contribution is 2.39. The molecular formula is C25H17N5O5S. The Balaban J connectivity index is 1.51. The van der Waals surface area contributed by atoms with Crippen molar-refractivity contribution in [1.82, 2.24) is 9.78 Å². The van der Waals surface area contributed by atoms with Crippen LogP contribution in [0.25, 0.3) is 22.3 Å². The number of nitriles is 1. The third kappa shape index (κ3) is 4.53. The first-order chi connectivity index (χ1) is 17.5. The molecular weight excluding hydrogens is 482 g/mol. The molecule has 178 valence electrons. The molecule has 10 nitrogen and oxygen atoms in total. The molecule has 3 heterocycles. The van der Waals surface area contributed by atoms with Crippen LogP contribution >= 0.6 is 11.3 Å². The molecule has 0 radical (unpaired) electrons. The summed E-state index contributed by atoms with van der Waals surface area (Å²) >= 11 is 1.47.